The van der Waals surface area contributed by atoms with Gasteiger partial charge in [-0.25, -0.2) is 9.59 Å². The van der Waals surface area contributed by atoms with Crippen LogP contribution in [0, 0.1) is 5.92 Å². The number of ether oxygens (including phenoxy) is 2. The maximum absolute atomic E-state index is 12.1. The second-order valence-electron chi connectivity index (χ2n) is 5.36. The molecule has 0 fully saturated rings. The molecule has 2 N–H and O–H groups in total. The van der Waals surface area contributed by atoms with Crippen molar-refractivity contribution in [3.05, 3.63) is 35.9 Å². The molecule has 0 aliphatic rings. The van der Waals surface area contributed by atoms with E-state index in [1.807, 2.05) is 13.8 Å². The molecule has 0 heterocycles. The van der Waals surface area contributed by atoms with Gasteiger partial charge in [-0.15, -0.1) is 0 Å². The monoisotopic (exact) mass is 324 g/mol. The number of carbonyl (C=O) groups is 3. The van der Waals surface area contributed by atoms with Gasteiger partial charge in [-0.2, -0.15) is 0 Å². The number of benzene rings is 1. The maximum atomic E-state index is 12.1. The molecule has 0 saturated heterocycles. The van der Waals surface area contributed by atoms with E-state index in [-0.39, 0.29) is 12.5 Å². The van der Waals surface area contributed by atoms with Crippen molar-refractivity contribution in [3.63, 3.8) is 0 Å². The maximum Gasteiger partial charge on any atom is 0.352 e. The van der Waals surface area contributed by atoms with Crippen molar-refractivity contribution < 1.29 is 34.1 Å². The Balaban J connectivity index is 2.81. The zero-order valence-electron chi connectivity index (χ0n) is 13.0. The number of aliphatic hydroxyl groups is 1. The second-order valence-corrected chi connectivity index (χ2v) is 5.36. The van der Waals surface area contributed by atoms with E-state index in [0.717, 1.165) is 0 Å². The molecule has 1 aromatic carbocycles. The lowest BCUT2D eigenvalue weighted by atomic mass is 10.1. The summed E-state index contributed by atoms with van der Waals surface area (Å²) in [5, 5.41) is 17.8. The molecular formula is C16H20O7. The molecule has 1 aromatic rings. The van der Waals surface area contributed by atoms with E-state index >= 15 is 0 Å². The number of aliphatic hydroxyl groups excluding tert-OH is 1. The Morgan fingerprint density at radius 3 is 2.26 bits per heavy atom. The quantitative estimate of drug-likeness (QED) is 0.694. The van der Waals surface area contributed by atoms with E-state index in [9.17, 15) is 19.5 Å². The molecule has 0 radical (unpaired) electrons. The average Bonchev–Trinajstić information content (AvgIpc) is 2.50. The van der Waals surface area contributed by atoms with Crippen LogP contribution in [0.5, 0.6) is 0 Å². The Bertz CT molecular complexity index is 539. The molecule has 0 spiro atoms. The first-order chi connectivity index (χ1) is 10.8. The molecular weight excluding hydrogens is 304 g/mol. The molecule has 0 aliphatic heterocycles. The topological polar surface area (TPSA) is 110 Å². The third-order valence-electron chi connectivity index (χ3n) is 2.77. The SMILES string of the molecule is CC(C)COC(=O)[C@@H](OC(=O)C[C@H](O)C(=O)O)c1ccccc1. The zero-order valence-corrected chi connectivity index (χ0v) is 13.0. The summed E-state index contributed by atoms with van der Waals surface area (Å²) in [6, 6.07) is 8.23. The summed E-state index contributed by atoms with van der Waals surface area (Å²) in [6.45, 7) is 3.89. The van der Waals surface area contributed by atoms with Crippen LogP contribution >= 0.6 is 0 Å². The number of aliphatic carboxylic acids is 1. The number of rotatable bonds is 8. The van der Waals surface area contributed by atoms with Gasteiger partial charge < -0.3 is 19.7 Å². The number of carboxylic acids is 1. The van der Waals surface area contributed by atoms with Crippen LogP contribution in [0.2, 0.25) is 0 Å². The lowest BCUT2D eigenvalue weighted by Gasteiger charge is -2.18. The first kappa shape index (κ1) is 18.6. The van der Waals surface area contributed by atoms with E-state index in [1.165, 1.54) is 0 Å². The van der Waals surface area contributed by atoms with Gasteiger partial charge in [0.2, 0.25) is 6.10 Å². The predicted molar refractivity (Wildman–Crippen MR) is 79.3 cm³/mol. The summed E-state index contributed by atoms with van der Waals surface area (Å²) in [6.07, 6.45) is -3.94. The minimum absolute atomic E-state index is 0.111. The van der Waals surface area contributed by atoms with Gasteiger partial charge in [0.1, 0.15) is 0 Å². The van der Waals surface area contributed by atoms with Crippen molar-refractivity contribution >= 4 is 17.9 Å². The fourth-order valence-electron chi connectivity index (χ4n) is 1.63. The van der Waals surface area contributed by atoms with E-state index < -0.39 is 36.5 Å². The van der Waals surface area contributed by atoms with Gasteiger partial charge in [0, 0.05) is 5.56 Å². The van der Waals surface area contributed by atoms with Crippen LogP contribution in [0.3, 0.4) is 0 Å². The highest BCUT2D eigenvalue weighted by Crippen LogP contribution is 2.20. The molecule has 1 rings (SSSR count). The summed E-state index contributed by atoms with van der Waals surface area (Å²) in [7, 11) is 0. The third-order valence-corrected chi connectivity index (χ3v) is 2.77. The normalized spacial score (nSPS) is 13.2. The smallest absolute Gasteiger partial charge is 0.352 e. The lowest BCUT2D eigenvalue weighted by molar-refractivity contribution is -0.171. The van der Waals surface area contributed by atoms with Crippen LogP contribution in [0.15, 0.2) is 30.3 Å². The Kier molecular flexibility index (Phi) is 7.21. The zero-order chi connectivity index (χ0) is 17.4. The summed E-state index contributed by atoms with van der Waals surface area (Å²) >= 11 is 0. The van der Waals surface area contributed by atoms with Gasteiger partial charge in [0.05, 0.1) is 13.0 Å². The Hall–Kier alpha value is -2.41. The molecule has 2 atom stereocenters. The van der Waals surface area contributed by atoms with Crippen molar-refractivity contribution in [2.45, 2.75) is 32.5 Å². The van der Waals surface area contributed by atoms with Gasteiger partial charge in [-0.05, 0) is 5.92 Å². The highest BCUT2D eigenvalue weighted by atomic mass is 16.6. The molecule has 0 bridgehead atoms. The van der Waals surface area contributed by atoms with Crippen LogP contribution in [-0.2, 0) is 23.9 Å². The van der Waals surface area contributed by atoms with Gasteiger partial charge in [-0.1, -0.05) is 44.2 Å². The van der Waals surface area contributed by atoms with E-state index in [1.54, 1.807) is 30.3 Å². The number of esters is 2. The van der Waals surface area contributed by atoms with Gasteiger partial charge >= 0.3 is 17.9 Å². The van der Waals surface area contributed by atoms with Gasteiger partial charge in [-0.3, -0.25) is 4.79 Å². The highest BCUT2D eigenvalue weighted by Gasteiger charge is 2.28. The van der Waals surface area contributed by atoms with Gasteiger partial charge in [0.15, 0.2) is 6.10 Å². The van der Waals surface area contributed by atoms with Crippen LogP contribution in [0.25, 0.3) is 0 Å². The molecule has 0 saturated carbocycles. The molecule has 23 heavy (non-hydrogen) atoms. The average molecular weight is 324 g/mol. The largest absolute Gasteiger partial charge is 0.479 e. The fraction of sp³-hybridized carbons (Fsp3) is 0.438. The lowest BCUT2D eigenvalue weighted by Crippen LogP contribution is -2.28. The van der Waals surface area contributed by atoms with E-state index in [4.69, 9.17) is 14.6 Å². The Labute approximate surface area is 133 Å². The summed E-state index contributed by atoms with van der Waals surface area (Å²) < 4.78 is 10.1. The van der Waals surface area contributed by atoms with Crippen molar-refractivity contribution in [1.82, 2.24) is 0 Å². The van der Waals surface area contributed by atoms with E-state index in [2.05, 4.69) is 0 Å². The standard InChI is InChI=1S/C16H20O7/c1-10(2)9-22-16(21)14(11-6-4-3-5-7-11)23-13(18)8-12(17)15(19)20/h3-7,10,12,14,17H,8-9H2,1-2H3,(H,19,20)/t12-,14-/m0/s1. The Morgan fingerprint density at radius 1 is 1.13 bits per heavy atom. The highest BCUT2D eigenvalue weighted by molar-refractivity contribution is 5.83. The van der Waals surface area contributed by atoms with Crippen LogP contribution < -0.4 is 0 Å². The summed E-state index contributed by atoms with van der Waals surface area (Å²) in [5.41, 5.74) is 0.402. The Morgan fingerprint density at radius 2 is 1.74 bits per heavy atom. The molecule has 0 aromatic heterocycles. The molecule has 0 unspecified atom stereocenters. The predicted octanol–water partition coefficient (Wildman–Crippen LogP) is 1.31. The van der Waals surface area contributed by atoms with Crippen molar-refractivity contribution in [3.8, 4) is 0 Å². The summed E-state index contributed by atoms with van der Waals surface area (Å²) in [4.78, 5) is 34.4. The molecule has 126 valence electrons. The molecule has 7 heteroatoms. The van der Waals surface area contributed by atoms with Crippen LogP contribution in [0.4, 0.5) is 0 Å². The first-order valence-electron chi connectivity index (χ1n) is 7.13. The molecule has 0 amide bonds. The summed E-state index contributed by atoms with van der Waals surface area (Å²) in [5.74, 6) is -3.18. The number of hydrogen-bond acceptors (Lipinski definition) is 6. The minimum Gasteiger partial charge on any atom is -0.479 e. The van der Waals surface area contributed by atoms with Crippen molar-refractivity contribution in [2.75, 3.05) is 6.61 Å². The van der Waals surface area contributed by atoms with Crippen molar-refractivity contribution in [1.29, 1.82) is 0 Å². The second kappa shape index (κ2) is 8.89. The van der Waals surface area contributed by atoms with Crippen LogP contribution in [0.1, 0.15) is 31.9 Å². The van der Waals surface area contributed by atoms with Crippen LogP contribution in [-0.4, -0.2) is 40.8 Å². The fourth-order valence-corrected chi connectivity index (χ4v) is 1.63. The van der Waals surface area contributed by atoms with E-state index in [0.29, 0.717) is 5.56 Å². The number of hydrogen-bond donors (Lipinski definition) is 2. The van der Waals surface area contributed by atoms with Gasteiger partial charge in [0.25, 0.3) is 0 Å². The third kappa shape index (κ3) is 6.48. The minimum atomic E-state index is -1.88. The first-order valence-corrected chi connectivity index (χ1v) is 7.13. The number of carbonyl (C=O) groups excluding carboxylic acids is 2. The van der Waals surface area contributed by atoms with Crippen molar-refractivity contribution in [2.24, 2.45) is 5.92 Å². The number of carboxylic acid groups (broad SMARTS) is 1. The molecule has 0 aliphatic carbocycles. The molecule has 7 nitrogen and oxygen atoms in total.